The van der Waals surface area contributed by atoms with E-state index in [2.05, 4.69) is 10.2 Å². The van der Waals surface area contributed by atoms with E-state index in [9.17, 15) is 18.0 Å². The lowest BCUT2D eigenvalue weighted by Crippen LogP contribution is -2.51. The van der Waals surface area contributed by atoms with Crippen molar-refractivity contribution >= 4 is 50.7 Å². The number of sulfonamides is 1. The molecule has 1 N–H and O–H groups in total. The van der Waals surface area contributed by atoms with Crippen molar-refractivity contribution < 1.29 is 18.0 Å². The van der Waals surface area contributed by atoms with Crippen LogP contribution in [0.25, 0.3) is 0 Å². The van der Waals surface area contributed by atoms with E-state index in [0.29, 0.717) is 36.2 Å². The molecule has 3 rings (SSSR count). The van der Waals surface area contributed by atoms with Crippen LogP contribution in [0.2, 0.25) is 10.0 Å². The topological polar surface area (TPSA) is 90.0 Å². The third kappa shape index (κ3) is 6.13. The van der Waals surface area contributed by atoms with Gasteiger partial charge in [-0.15, -0.1) is 0 Å². The molecule has 2 amide bonds. The maximum Gasteiger partial charge on any atom is 0.243 e. The number of likely N-dealkylation sites (N-methyl/N-ethyl adjacent to an activating group) is 1. The fraction of sp³-hybridized carbons (Fsp3) is 0.333. The van der Waals surface area contributed by atoms with Gasteiger partial charge in [-0.2, -0.15) is 4.31 Å². The van der Waals surface area contributed by atoms with Crippen LogP contribution in [0.5, 0.6) is 0 Å². The number of anilines is 1. The van der Waals surface area contributed by atoms with Crippen molar-refractivity contribution in [3.8, 4) is 0 Å². The minimum Gasteiger partial charge on any atom is -0.368 e. The second-order valence-electron chi connectivity index (χ2n) is 7.34. The zero-order chi connectivity index (χ0) is 23.3. The number of carbonyl (C=O) groups excluding carboxylic acids is 2. The maximum absolute atomic E-state index is 12.5. The molecular formula is C21H24Cl2N4O4S. The number of benzene rings is 2. The second kappa shape index (κ2) is 10.5. The molecule has 0 bridgehead atoms. The largest absolute Gasteiger partial charge is 0.368 e. The van der Waals surface area contributed by atoms with Crippen molar-refractivity contribution in [2.75, 3.05) is 51.2 Å². The number of rotatable bonds is 7. The summed E-state index contributed by atoms with van der Waals surface area (Å²) in [4.78, 5) is 28.5. The Bertz CT molecular complexity index is 1050. The molecule has 0 saturated carbocycles. The van der Waals surface area contributed by atoms with E-state index >= 15 is 0 Å². The lowest BCUT2D eigenvalue weighted by Gasteiger charge is -2.36. The molecule has 8 nitrogen and oxygen atoms in total. The Morgan fingerprint density at radius 3 is 2.03 bits per heavy atom. The number of halogens is 2. The zero-order valence-electron chi connectivity index (χ0n) is 17.5. The average Bonchev–Trinajstić information content (AvgIpc) is 2.78. The molecule has 1 fully saturated rings. The third-order valence-electron chi connectivity index (χ3n) is 5.15. The van der Waals surface area contributed by atoms with Crippen LogP contribution in [0.1, 0.15) is 0 Å². The number of amides is 2. The van der Waals surface area contributed by atoms with Crippen molar-refractivity contribution in [1.29, 1.82) is 0 Å². The molecule has 32 heavy (non-hydrogen) atoms. The summed E-state index contributed by atoms with van der Waals surface area (Å²) in [5.41, 5.74) is 1.04. The average molecular weight is 499 g/mol. The van der Waals surface area contributed by atoms with Gasteiger partial charge in [-0.1, -0.05) is 23.2 Å². The van der Waals surface area contributed by atoms with E-state index in [1.807, 2.05) is 24.3 Å². The predicted molar refractivity (Wildman–Crippen MR) is 125 cm³/mol. The summed E-state index contributed by atoms with van der Waals surface area (Å²) in [7, 11) is -2.53. The van der Waals surface area contributed by atoms with Crippen molar-refractivity contribution in [2.45, 2.75) is 4.90 Å². The van der Waals surface area contributed by atoms with Gasteiger partial charge < -0.3 is 15.1 Å². The van der Waals surface area contributed by atoms with E-state index in [4.69, 9.17) is 23.2 Å². The molecule has 0 aliphatic carbocycles. The fourth-order valence-corrected chi connectivity index (χ4v) is 4.66. The van der Waals surface area contributed by atoms with Gasteiger partial charge in [0.05, 0.1) is 18.0 Å². The highest BCUT2D eigenvalue weighted by Crippen LogP contribution is 2.20. The normalized spacial score (nSPS) is 14.5. The Hall–Kier alpha value is -2.33. The van der Waals surface area contributed by atoms with E-state index in [0.717, 1.165) is 9.99 Å². The molecule has 0 spiro atoms. The summed E-state index contributed by atoms with van der Waals surface area (Å²) < 4.78 is 26.0. The molecule has 2 aromatic carbocycles. The molecule has 172 valence electrons. The number of nitrogens with one attached hydrogen (secondary N) is 1. The van der Waals surface area contributed by atoms with Crippen LogP contribution in [0.4, 0.5) is 5.69 Å². The van der Waals surface area contributed by atoms with Gasteiger partial charge in [-0.25, -0.2) is 8.42 Å². The lowest BCUT2D eigenvalue weighted by atomic mass is 10.2. The van der Waals surface area contributed by atoms with E-state index in [-0.39, 0.29) is 17.3 Å². The van der Waals surface area contributed by atoms with Crippen LogP contribution >= 0.6 is 23.2 Å². The predicted octanol–water partition coefficient (Wildman–Crippen LogP) is 2.08. The molecule has 1 aliphatic rings. The molecule has 0 radical (unpaired) electrons. The number of piperazine rings is 1. The van der Waals surface area contributed by atoms with Crippen LogP contribution in [0.15, 0.2) is 53.4 Å². The lowest BCUT2D eigenvalue weighted by molar-refractivity contribution is -0.133. The Morgan fingerprint density at radius 1 is 0.938 bits per heavy atom. The molecule has 11 heteroatoms. The Morgan fingerprint density at radius 2 is 1.47 bits per heavy atom. The third-order valence-corrected chi connectivity index (χ3v) is 7.47. The summed E-state index contributed by atoms with van der Waals surface area (Å²) in [6.07, 6.45) is 0. The first-order chi connectivity index (χ1) is 15.2. The van der Waals surface area contributed by atoms with Crippen LogP contribution in [-0.4, -0.2) is 75.8 Å². The van der Waals surface area contributed by atoms with Gasteiger partial charge in [-0.05, 0) is 48.5 Å². The van der Waals surface area contributed by atoms with E-state index < -0.39 is 22.5 Å². The van der Waals surface area contributed by atoms with Gasteiger partial charge in [0.1, 0.15) is 0 Å². The molecule has 1 aliphatic heterocycles. The van der Waals surface area contributed by atoms with Gasteiger partial charge in [0.15, 0.2) is 0 Å². The van der Waals surface area contributed by atoms with Gasteiger partial charge in [0, 0.05) is 49.0 Å². The van der Waals surface area contributed by atoms with Gasteiger partial charge in [0.25, 0.3) is 0 Å². The highest BCUT2D eigenvalue weighted by Gasteiger charge is 2.24. The number of nitrogens with zero attached hydrogens (tertiary/aromatic N) is 3. The highest BCUT2D eigenvalue weighted by atomic mass is 35.5. The van der Waals surface area contributed by atoms with Crippen LogP contribution in [0, 0.1) is 0 Å². The quantitative estimate of drug-likeness (QED) is 0.630. The standard InChI is InChI=1S/C21H24Cl2N4O4S/c1-25(32(30,31)19-8-4-17(23)5-9-19)15-20(28)24-14-21(29)27-12-10-26(11-13-27)18-6-2-16(22)3-7-18/h2-9H,10-15H2,1H3,(H,24,28). The first-order valence-corrected chi connectivity index (χ1v) is 12.1. The SMILES string of the molecule is CN(CC(=O)NCC(=O)N1CCN(c2ccc(Cl)cc2)CC1)S(=O)(=O)c1ccc(Cl)cc1. The molecule has 2 aromatic rings. The highest BCUT2D eigenvalue weighted by molar-refractivity contribution is 7.89. The Kier molecular flexibility index (Phi) is 8.00. The second-order valence-corrected chi connectivity index (χ2v) is 10.3. The summed E-state index contributed by atoms with van der Waals surface area (Å²) in [5, 5.41) is 3.59. The van der Waals surface area contributed by atoms with Crippen molar-refractivity contribution in [2.24, 2.45) is 0 Å². The minimum atomic E-state index is -3.84. The van der Waals surface area contributed by atoms with Gasteiger partial charge in [0.2, 0.25) is 21.8 Å². The zero-order valence-corrected chi connectivity index (χ0v) is 19.8. The Labute approximate surface area is 197 Å². The van der Waals surface area contributed by atoms with E-state index in [1.54, 1.807) is 4.90 Å². The number of hydrogen-bond acceptors (Lipinski definition) is 5. The summed E-state index contributed by atoms with van der Waals surface area (Å²) in [5.74, 6) is -0.768. The van der Waals surface area contributed by atoms with Crippen LogP contribution < -0.4 is 10.2 Å². The summed E-state index contributed by atoms with van der Waals surface area (Å²) in [6.45, 7) is 1.81. The first kappa shape index (κ1) is 24.3. The van der Waals surface area contributed by atoms with Crippen molar-refractivity contribution in [3.05, 3.63) is 58.6 Å². The fourth-order valence-electron chi connectivity index (χ4n) is 3.28. The summed E-state index contributed by atoms with van der Waals surface area (Å²) in [6, 6.07) is 13.2. The van der Waals surface area contributed by atoms with Crippen molar-refractivity contribution in [1.82, 2.24) is 14.5 Å². The number of hydrogen-bond donors (Lipinski definition) is 1. The van der Waals surface area contributed by atoms with Gasteiger partial charge in [-0.3, -0.25) is 9.59 Å². The molecule has 0 atom stereocenters. The van der Waals surface area contributed by atoms with Crippen LogP contribution in [0.3, 0.4) is 0 Å². The van der Waals surface area contributed by atoms with Crippen molar-refractivity contribution in [3.63, 3.8) is 0 Å². The maximum atomic E-state index is 12.5. The van der Waals surface area contributed by atoms with Crippen LogP contribution in [-0.2, 0) is 19.6 Å². The molecule has 1 saturated heterocycles. The van der Waals surface area contributed by atoms with Gasteiger partial charge >= 0.3 is 0 Å². The molecule has 0 aromatic heterocycles. The summed E-state index contributed by atoms with van der Waals surface area (Å²) >= 11 is 11.7. The molecule has 0 unspecified atom stereocenters. The monoisotopic (exact) mass is 498 g/mol. The first-order valence-electron chi connectivity index (χ1n) is 9.94. The number of carbonyl (C=O) groups is 2. The molecular weight excluding hydrogens is 475 g/mol. The molecule has 1 heterocycles. The Balaban J connectivity index is 1.45. The minimum absolute atomic E-state index is 0.0341. The van der Waals surface area contributed by atoms with E-state index in [1.165, 1.54) is 31.3 Å². The smallest absolute Gasteiger partial charge is 0.243 e.